The highest BCUT2D eigenvalue weighted by atomic mass is 16.6. The van der Waals surface area contributed by atoms with Gasteiger partial charge in [0.15, 0.2) is 0 Å². The van der Waals surface area contributed by atoms with Gasteiger partial charge >= 0.3 is 12.2 Å². The van der Waals surface area contributed by atoms with Gasteiger partial charge in [0.1, 0.15) is 17.7 Å². The molecule has 4 amide bonds. The fourth-order valence-electron chi connectivity index (χ4n) is 9.46. The molecule has 0 radical (unpaired) electrons. The zero-order valence-electron chi connectivity index (χ0n) is 35.5. The van der Waals surface area contributed by atoms with Crippen LogP contribution in [0.4, 0.5) is 38.0 Å². The minimum Gasteiger partial charge on any atom is -0.444 e. The van der Waals surface area contributed by atoms with E-state index in [0.29, 0.717) is 67.4 Å². The Balaban J connectivity index is 1.11. The summed E-state index contributed by atoms with van der Waals surface area (Å²) in [5.74, 6) is 0.248. The van der Waals surface area contributed by atoms with Crippen LogP contribution in [0.15, 0.2) is 73.0 Å². The quantitative estimate of drug-likeness (QED) is 0.121. The van der Waals surface area contributed by atoms with Gasteiger partial charge in [-0.05, 0) is 138 Å². The zero-order chi connectivity index (χ0) is 42.7. The smallest absolute Gasteiger partial charge is 0.415 e. The van der Waals surface area contributed by atoms with E-state index in [0.717, 1.165) is 29.7 Å². The topological polar surface area (TPSA) is 173 Å². The molecule has 13 heteroatoms. The lowest BCUT2D eigenvalue weighted by atomic mass is 9.84. The molecule has 4 atom stereocenters. The van der Waals surface area contributed by atoms with Crippen molar-refractivity contribution in [3.63, 3.8) is 0 Å². The molecule has 320 valence electrons. The molecule has 13 nitrogen and oxygen atoms in total. The Kier molecular flexibility index (Phi) is 12.6. The van der Waals surface area contributed by atoms with Crippen molar-refractivity contribution in [3.05, 3.63) is 89.7 Å². The molecule has 0 bridgehead atoms. The monoisotopic (exact) mass is 819 g/mol. The maximum atomic E-state index is 13.5. The lowest BCUT2D eigenvalue weighted by molar-refractivity contribution is -0.120. The molecule has 3 heterocycles. The van der Waals surface area contributed by atoms with Crippen LogP contribution in [-0.4, -0.2) is 64.6 Å². The van der Waals surface area contributed by atoms with Crippen LogP contribution in [0.5, 0.6) is 0 Å². The number of likely N-dealkylation sites (tertiary alicyclic amines) is 2. The number of hydrogen-bond acceptors (Lipinski definition) is 9. The van der Waals surface area contributed by atoms with Gasteiger partial charge in [0.2, 0.25) is 11.8 Å². The van der Waals surface area contributed by atoms with Crippen LogP contribution < -0.4 is 27.0 Å². The molecule has 3 saturated heterocycles. The van der Waals surface area contributed by atoms with Gasteiger partial charge in [-0.15, -0.1) is 0 Å². The average molecular weight is 820 g/mol. The Hall–Kier alpha value is -5.72. The van der Waals surface area contributed by atoms with E-state index >= 15 is 0 Å². The summed E-state index contributed by atoms with van der Waals surface area (Å²) in [6.07, 6.45) is 9.34. The lowest BCUT2D eigenvalue weighted by Crippen LogP contribution is -2.45. The first-order valence-electron chi connectivity index (χ1n) is 21.6. The zero-order valence-corrected chi connectivity index (χ0v) is 35.5. The molecule has 0 aromatic heterocycles. The maximum Gasteiger partial charge on any atom is 0.415 e. The van der Waals surface area contributed by atoms with E-state index in [1.165, 1.54) is 47.5 Å². The maximum absolute atomic E-state index is 13.5. The Bertz CT molecular complexity index is 2090. The summed E-state index contributed by atoms with van der Waals surface area (Å²) < 4.78 is 10.8. The normalized spacial score (nSPS) is 22.1. The van der Waals surface area contributed by atoms with Crippen LogP contribution in [0.2, 0.25) is 0 Å². The molecule has 1 saturated carbocycles. The van der Waals surface area contributed by atoms with Crippen LogP contribution in [-0.2, 0) is 19.1 Å². The average Bonchev–Trinajstić information content (AvgIpc) is 4.00. The Morgan fingerprint density at radius 3 is 1.60 bits per heavy atom. The van der Waals surface area contributed by atoms with E-state index in [1.54, 1.807) is 6.92 Å². The fraction of sp³-hybridized carbons (Fsp3) is 0.489. The van der Waals surface area contributed by atoms with E-state index < -0.39 is 29.9 Å². The van der Waals surface area contributed by atoms with Gasteiger partial charge in [-0.3, -0.25) is 19.4 Å². The van der Waals surface area contributed by atoms with Crippen LogP contribution in [0.25, 0.3) is 0 Å². The molecule has 3 aliphatic heterocycles. The summed E-state index contributed by atoms with van der Waals surface area (Å²) in [5.41, 5.74) is 19.0. The van der Waals surface area contributed by atoms with Crippen molar-refractivity contribution in [1.29, 1.82) is 0 Å². The lowest BCUT2D eigenvalue weighted by Gasteiger charge is -2.34. The molecule has 3 aromatic carbocycles. The summed E-state index contributed by atoms with van der Waals surface area (Å²) in [6.45, 7) is 11.6. The second kappa shape index (κ2) is 17.9. The number of hydrogen-bond donors (Lipinski definition) is 4. The predicted molar refractivity (Wildman–Crippen MR) is 235 cm³/mol. The van der Waals surface area contributed by atoms with Crippen LogP contribution in [0.3, 0.4) is 0 Å². The van der Waals surface area contributed by atoms with E-state index in [9.17, 15) is 19.2 Å². The standard InChI is InChI=1S/C47H61N7O6/c1-29(2)59-45(57)52-25-9-13-41(52)43(55)50-37-21-17-32(27-35(37)48)39-23-24-40(54(39)34-19-15-31(16-20-34)30-11-7-6-8-12-30)33-18-22-38(36(49)28-33)51-44(56)42-14-10-26-53(42)46(58)60-47(3,4)5/h15-22,27-28,30,39-42H,1,6-14,23-26,48-49H2,2-5H3,(H,50,55)(H,51,56)/t39-,40-,41+,42+/m1/s1. The number of nitrogens with zero attached hydrogens (tertiary/aromatic N) is 3. The fourth-order valence-corrected chi connectivity index (χ4v) is 9.46. The van der Waals surface area contributed by atoms with Gasteiger partial charge in [0.05, 0.1) is 40.6 Å². The summed E-state index contributed by atoms with van der Waals surface area (Å²) in [5, 5.41) is 5.95. The van der Waals surface area contributed by atoms with E-state index in [-0.39, 0.29) is 29.7 Å². The molecule has 4 fully saturated rings. The number of carbonyl (C=O) groups excluding carboxylic acids is 4. The van der Waals surface area contributed by atoms with Crippen LogP contribution in [0, 0.1) is 0 Å². The predicted octanol–water partition coefficient (Wildman–Crippen LogP) is 9.39. The van der Waals surface area contributed by atoms with Crippen LogP contribution in [0.1, 0.15) is 133 Å². The number of allylic oxidation sites excluding steroid dienone is 1. The summed E-state index contributed by atoms with van der Waals surface area (Å²) in [6, 6.07) is 19.2. The van der Waals surface area contributed by atoms with Crippen molar-refractivity contribution in [2.45, 2.75) is 134 Å². The molecule has 6 N–H and O–H groups in total. The number of nitrogens with two attached hydrogens (primary N) is 2. The first-order chi connectivity index (χ1) is 28.7. The summed E-state index contributed by atoms with van der Waals surface area (Å²) >= 11 is 0. The molecule has 0 spiro atoms. The SMILES string of the molecule is C=C(C)OC(=O)N1CCC[C@H]1C(=O)Nc1ccc([C@H]2CC[C@H](c3ccc(NC(=O)[C@@H]4CCCN4C(=O)OC(C)(C)C)c(N)c3)N2c2ccc(C3CCCCC3)cc2)cc1N. The van der Waals surface area contributed by atoms with Crippen molar-refractivity contribution in [2.75, 3.05) is 40.1 Å². The van der Waals surface area contributed by atoms with Gasteiger partial charge in [-0.1, -0.05) is 50.1 Å². The van der Waals surface area contributed by atoms with Crippen molar-refractivity contribution in [3.8, 4) is 0 Å². The highest BCUT2D eigenvalue weighted by molar-refractivity contribution is 6.00. The second-order valence-electron chi connectivity index (χ2n) is 17.9. The molecular weight excluding hydrogens is 759 g/mol. The Morgan fingerprint density at radius 2 is 1.13 bits per heavy atom. The third kappa shape index (κ3) is 9.50. The number of amides is 4. The highest BCUT2D eigenvalue weighted by Gasteiger charge is 2.39. The van der Waals surface area contributed by atoms with Gasteiger partial charge in [-0.2, -0.15) is 0 Å². The van der Waals surface area contributed by atoms with Crippen molar-refractivity contribution < 1.29 is 28.7 Å². The number of rotatable bonds is 9. The van der Waals surface area contributed by atoms with Gasteiger partial charge < -0.3 is 36.5 Å². The first kappa shape index (κ1) is 42.4. The van der Waals surface area contributed by atoms with Crippen LogP contribution >= 0.6 is 0 Å². The second-order valence-corrected chi connectivity index (χ2v) is 17.9. The molecule has 60 heavy (non-hydrogen) atoms. The molecular formula is C47H61N7O6. The Labute approximate surface area is 353 Å². The largest absolute Gasteiger partial charge is 0.444 e. The number of nitrogen functional groups attached to an aromatic ring is 2. The third-order valence-electron chi connectivity index (χ3n) is 12.3. The first-order valence-corrected chi connectivity index (χ1v) is 21.6. The highest BCUT2D eigenvalue weighted by Crippen LogP contribution is 2.48. The van der Waals surface area contributed by atoms with E-state index in [2.05, 4.69) is 46.4 Å². The molecule has 0 unspecified atom stereocenters. The van der Waals surface area contributed by atoms with Gasteiger partial charge in [-0.25, -0.2) is 9.59 Å². The number of carbonyl (C=O) groups is 4. The summed E-state index contributed by atoms with van der Waals surface area (Å²) in [4.78, 5) is 57.9. The summed E-state index contributed by atoms with van der Waals surface area (Å²) in [7, 11) is 0. The molecule has 1 aliphatic carbocycles. The number of anilines is 5. The van der Waals surface area contributed by atoms with Gasteiger partial charge in [0, 0.05) is 18.8 Å². The number of benzene rings is 3. The molecule has 7 rings (SSSR count). The minimum absolute atomic E-state index is 0.0343. The number of ether oxygens (including phenoxy) is 2. The van der Waals surface area contributed by atoms with Crippen molar-refractivity contribution >= 4 is 52.4 Å². The number of nitrogens with one attached hydrogen (secondary N) is 2. The molecule has 4 aliphatic rings. The minimum atomic E-state index is -0.666. The van der Waals surface area contributed by atoms with Gasteiger partial charge in [0.25, 0.3) is 0 Å². The Morgan fingerprint density at radius 1 is 0.650 bits per heavy atom. The van der Waals surface area contributed by atoms with Crippen molar-refractivity contribution in [2.24, 2.45) is 0 Å². The van der Waals surface area contributed by atoms with Crippen molar-refractivity contribution in [1.82, 2.24) is 9.80 Å². The van der Waals surface area contributed by atoms with E-state index in [4.69, 9.17) is 20.9 Å². The third-order valence-corrected chi connectivity index (χ3v) is 12.3. The molecule has 3 aromatic rings. The van der Waals surface area contributed by atoms with E-state index in [1.807, 2.05) is 57.2 Å².